The van der Waals surface area contributed by atoms with E-state index < -0.39 is 10.2 Å². The van der Waals surface area contributed by atoms with Crippen LogP contribution >= 0.6 is 0 Å². The molecular formula is C13H16N2O3S. The first-order valence-corrected chi connectivity index (χ1v) is 7.24. The third kappa shape index (κ3) is 3.44. The van der Waals surface area contributed by atoms with Crippen LogP contribution in [-0.2, 0) is 16.8 Å². The summed E-state index contributed by atoms with van der Waals surface area (Å²) in [5.74, 6) is 1.30. The SMILES string of the molecule is CN(C)S(=O)(=O)NCc1ccc(-c2ccccc2)o1. The second-order valence-corrected chi connectivity index (χ2v) is 6.21. The van der Waals surface area contributed by atoms with E-state index in [1.54, 1.807) is 6.07 Å². The second-order valence-electron chi connectivity index (χ2n) is 4.24. The van der Waals surface area contributed by atoms with E-state index in [1.165, 1.54) is 14.1 Å². The van der Waals surface area contributed by atoms with Gasteiger partial charge in [0.1, 0.15) is 11.5 Å². The van der Waals surface area contributed by atoms with Crippen molar-refractivity contribution in [3.8, 4) is 11.3 Å². The van der Waals surface area contributed by atoms with Crippen LogP contribution in [0, 0.1) is 0 Å². The van der Waals surface area contributed by atoms with Crippen LogP contribution in [0.5, 0.6) is 0 Å². The first kappa shape index (κ1) is 13.8. The number of rotatable bonds is 5. The van der Waals surface area contributed by atoms with Gasteiger partial charge in [-0.3, -0.25) is 0 Å². The van der Waals surface area contributed by atoms with Crippen LogP contribution in [-0.4, -0.2) is 26.8 Å². The third-order valence-corrected chi connectivity index (χ3v) is 4.10. The van der Waals surface area contributed by atoms with Crippen LogP contribution in [0.3, 0.4) is 0 Å². The van der Waals surface area contributed by atoms with Gasteiger partial charge in [0.2, 0.25) is 0 Å². The highest BCUT2D eigenvalue weighted by molar-refractivity contribution is 7.87. The lowest BCUT2D eigenvalue weighted by Crippen LogP contribution is -2.35. The number of benzene rings is 1. The van der Waals surface area contributed by atoms with Gasteiger partial charge in [0, 0.05) is 19.7 Å². The summed E-state index contributed by atoms with van der Waals surface area (Å²) in [5, 5.41) is 0. The molecule has 5 nitrogen and oxygen atoms in total. The lowest BCUT2D eigenvalue weighted by atomic mass is 10.2. The molecule has 0 radical (unpaired) electrons. The van der Waals surface area contributed by atoms with Crippen molar-refractivity contribution in [1.29, 1.82) is 0 Å². The monoisotopic (exact) mass is 280 g/mol. The average molecular weight is 280 g/mol. The van der Waals surface area contributed by atoms with Crippen LogP contribution < -0.4 is 4.72 Å². The average Bonchev–Trinajstić information content (AvgIpc) is 2.86. The van der Waals surface area contributed by atoms with Crippen molar-refractivity contribution in [1.82, 2.24) is 9.03 Å². The molecule has 1 heterocycles. The quantitative estimate of drug-likeness (QED) is 0.909. The maximum absolute atomic E-state index is 11.6. The fraction of sp³-hybridized carbons (Fsp3) is 0.231. The van der Waals surface area contributed by atoms with E-state index in [0.717, 1.165) is 15.6 Å². The molecule has 0 saturated carbocycles. The predicted octanol–water partition coefficient (Wildman–Crippen LogP) is 1.84. The molecule has 0 amide bonds. The summed E-state index contributed by atoms with van der Waals surface area (Å²) >= 11 is 0. The number of hydrogen-bond donors (Lipinski definition) is 1. The molecule has 0 saturated heterocycles. The molecule has 0 aliphatic heterocycles. The maximum atomic E-state index is 11.6. The van der Waals surface area contributed by atoms with Gasteiger partial charge in [-0.05, 0) is 12.1 Å². The molecule has 19 heavy (non-hydrogen) atoms. The summed E-state index contributed by atoms with van der Waals surface area (Å²) < 4.78 is 32.3. The van der Waals surface area contributed by atoms with Gasteiger partial charge in [0.05, 0.1) is 6.54 Å². The molecule has 0 fully saturated rings. The Balaban J connectivity index is 2.07. The van der Waals surface area contributed by atoms with E-state index in [0.29, 0.717) is 5.76 Å². The largest absolute Gasteiger partial charge is 0.460 e. The minimum Gasteiger partial charge on any atom is -0.460 e. The van der Waals surface area contributed by atoms with Crippen LogP contribution in [0.4, 0.5) is 0 Å². The lowest BCUT2D eigenvalue weighted by Gasteiger charge is -2.11. The molecule has 0 spiro atoms. The molecule has 0 aliphatic carbocycles. The van der Waals surface area contributed by atoms with Gasteiger partial charge >= 0.3 is 0 Å². The number of hydrogen-bond acceptors (Lipinski definition) is 3. The van der Waals surface area contributed by atoms with Gasteiger partial charge in [-0.2, -0.15) is 17.4 Å². The zero-order chi connectivity index (χ0) is 13.9. The highest BCUT2D eigenvalue weighted by atomic mass is 32.2. The molecule has 0 bridgehead atoms. The summed E-state index contributed by atoms with van der Waals surface area (Å²) in [6.45, 7) is 0.132. The Morgan fingerprint density at radius 1 is 1.11 bits per heavy atom. The third-order valence-electron chi connectivity index (χ3n) is 2.63. The maximum Gasteiger partial charge on any atom is 0.279 e. The highest BCUT2D eigenvalue weighted by Gasteiger charge is 2.13. The first-order chi connectivity index (χ1) is 8.99. The number of nitrogens with zero attached hydrogens (tertiary/aromatic N) is 1. The van der Waals surface area contributed by atoms with Gasteiger partial charge < -0.3 is 4.42 Å². The minimum absolute atomic E-state index is 0.132. The standard InChI is InChI=1S/C13H16N2O3S/c1-15(2)19(16,17)14-10-12-8-9-13(18-12)11-6-4-3-5-7-11/h3-9,14H,10H2,1-2H3. The van der Waals surface area contributed by atoms with Crippen molar-refractivity contribution in [3.63, 3.8) is 0 Å². The number of nitrogens with one attached hydrogen (secondary N) is 1. The van der Waals surface area contributed by atoms with Crippen molar-refractivity contribution in [3.05, 3.63) is 48.2 Å². The van der Waals surface area contributed by atoms with E-state index in [1.807, 2.05) is 36.4 Å². The lowest BCUT2D eigenvalue weighted by molar-refractivity contribution is 0.483. The molecule has 1 aromatic carbocycles. The number of furan rings is 1. The Labute approximate surface area is 113 Å². The molecule has 0 aliphatic rings. The molecule has 2 aromatic rings. The first-order valence-electron chi connectivity index (χ1n) is 5.80. The Morgan fingerprint density at radius 3 is 2.42 bits per heavy atom. The van der Waals surface area contributed by atoms with Crippen molar-refractivity contribution >= 4 is 10.2 Å². The van der Waals surface area contributed by atoms with Gasteiger partial charge in [-0.15, -0.1) is 0 Å². The van der Waals surface area contributed by atoms with Crippen molar-refractivity contribution in [2.75, 3.05) is 14.1 Å². The Kier molecular flexibility index (Phi) is 4.04. The smallest absolute Gasteiger partial charge is 0.279 e. The molecule has 0 atom stereocenters. The summed E-state index contributed by atoms with van der Waals surface area (Å²) in [6, 6.07) is 13.2. The van der Waals surface area contributed by atoms with Crippen molar-refractivity contribution in [2.45, 2.75) is 6.54 Å². The predicted molar refractivity (Wildman–Crippen MR) is 73.6 cm³/mol. The van der Waals surface area contributed by atoms with E-state index in [2.05, 4.69) is 4.72 Å². The van der Waals surface area contributed by atoms with E-state index in [9.17, 15) is 8.42 Å². The van der Waals surface area contributed by atoms with E-state index >= 15 is 0 Å². The van der Waals surface area contributed by atoms with E-state index in [4.69, 9.17) is 4.42 Å². The summed E-state index contributed by atoms with van der Waals surface area (Å²) in [7, 11) is -0.484. The summed E-state index contributed by atoms with van der Waals surface area (Å²) in [4.78, 5) is 0. The van der Waals surface area contributed by atoms with Crippen molar-refractivity contribution in [2.24, 2.45) is 0 Å². The minimum atomic E-state index is -3.43. The Hall–Kier alpha value is -1.63. The van der Waals surface area contributed by atoms with Gasteiger partial charge in [-0.25, -0.2) is 0 Å². The van der Waals surface area contributed by atoms with Crippen LogP contribution in [0.25, 0.3) is 11.3 Å². The van der Waals surface area contributed by atoms with Gasteiger partial charge in [-0.1, -0.05) is 30.3 Å². The fourth-order valence-electron chi connectivity index (χ4n) is 1.52. The molecule has 2 rings (SSSR count). The highest BCUT2D eigenvalue weighted by Crippen LogP contribution is 2.21. The van der Waals surface area contributed by atoms with E-state index in [-0.39, 0.29) is 6.54 Å². The van der Waals surface area contributed by atoms with Gasteiger partial charge in [0.15, 0.2) is 0 Å². The zero-order valence-corrected chi connectivity index (χ0v) is 11.6. The molecule has 102 valence electrons. The molecule has 1 aromatic heterocycles. The Morgan fingerprint density at radius 2 is 1.79 bits per heavy atom. The molecule has 6 heteroatoms. The topological polar surface area (TPSA) is 62.6 Å². The normalized spacial score (nSPS) is 11.9. The molecule has 1 N–H and O–H groups in total. The summed E-state index contributed by atoms with van der Waals surface area (Å²) in [6.07, 6.45) is 0. The van der Waals surface area contributed by atoms with Crippen LogP contribution in [0.2, 0.25) is 0 Å². The second kappa shape index (κ2) is 5.56. The molecular weight excluding hydrogens is 264 g/mol. The Bertz CT molecular complexity index is 633. The van der Waals surface area contributed by atoms with Crippen LogP contribution in [0.1, 0.15) is 5.76 Å². The van der Waals surface area contributed by atoms with Gasteiger partial charge in [0.25, 0.3) is 10.2 Å². The fourth-order valence-corrected chi connectivity index (χ4v) is 2.10. The summed E-state index contributed by atoms with van der Waals surface area (Å²) in [5.41, 5.74) is 0.962. The van der Waals surface area contributed by atoms with Crippen LogP contribution in [0.15, 0.2) is 46.9 Å². The zero-order valence-electron chi connectivity index (χ0n) is 10.8. The van der Waals surface area contributed by atoms with Crippen molar-refractivity contribution < 1.29 is 12.8 Å². The molecule has 0 unspecified atom stereocenters.